The molecule has 1 atom stereocenters. The second-order valence-electron chi connectivity index (χ2n) is 4.62. The molecule has 112 valence electrons. The van der Waals surface area contributed by atoms with Gasteiger partial charge in [0, 0.05) is 0 Å². The Bertz CT molecular complexity index is 622. The highest BCUT2D eigenvalue weighted by atomic mass is 19.1. The summed E-state index contributed by atoms with van der Waals surface area (Å²) in [5, 5.41) is 9.62. The molecule has 6 heteroatoms. The van der Waals surface area contributed by atoms with Gasteiger partial charge in [-0.05, 0) is 19.4 Å². The van der Waals surface area contributed by atoms with E-state index in [4.69, 9.17) is 4.74 Å². The number of carbonyl (C=O) groups excluding carboxylic acids is 1. The van der Waals surface area contributed by atoms with Gasteiger partial charge in [0.25, 0.3) is 0 Å². The zero-order valence-electron chi connectivity index (χ0n) is 11.9. The average Bonchev–Trinajstić information content (AvgIpc) is 2.84. The predicted octanol–water partition coefficient (Wildman–Crippen LogP) is 2.09. The van der Waals surface area contributed by atoms with Crippen LogP contribution in [0, 0.1) is 12.9 Å². The van der Waals surface area contributed by atoms with E-state index in [9.17, 15) is 14.3 Å². The second-order valence-corrected chi connectivity index (χ2v) is 4.62. The molecule has 0 amide bonds. The van der Waals surface area contributed by atoms with Gasteiger partial charge >= 0.3 is 5.97 Å². The highest BCUT2D eigenvalue weighted by Gasteiger charge is 2.25. The summed E-state index contributed by atoms with van der Waals surface area (Å²) in [7, 11) is 0. The van der Waals surface area contributed by atoms with E-state index in [-0.39, 0.29) is 18.9 Å². The van der Waals surface area contributed by atoms with Crippen molar-refractivity contribution in [2.45, 2.75) is 19.9 Å². The van der Waals surface area contributed by atoms with Crippen LogP contribution in [0.4, 0.5) is 4.39 Å². The Hall–Kier alpha value is -2.21. The van der Waals surface area contributed by atoms with E-state index in [1.54, 1.807) is 6.92 Å². The molecule has 21 heavy (non-hydrogen) atoms. The molecular weight excluding hydrogens is 275 g/mol. The lowest BCUT2D eigenvalue weighted by molar-refractivity contribution is 0.0504. The van der Waals surface area contributed by atoms with Gasteiger partial charge in [-0.25, -0.2) is 9.78 Å². The van der Waals surface area contributed by atoms with Crippen LogP contribution in [0.2, 0.25) is 0 Å². The Morgan fingerprint density at radius 2 is 2.10 bits per heavy atom. The molecule has 0 saturated heterocycles. The third kappa shape index (κ3) is 3.11. The van der Waals surface area contributed by atoms with Crippen LogP contribution in [0.1, 0.15) is 34.6 Å². The summed E-state index contributed by atoms with van der Waals surface area (Å²) in [5.41, 5.74) is 1.54. The predicted molar refractivity (Wildman–Crippen MR) is 74.5 cm³/mol. The van der Waals surface area contributed by atoms with Gasteiger partial charge in [-0.15, -0.1) is 0 Å². The molecule has 0 aliphatic carbocycles. The molecule has 1 unspecified atom stereocenters. The third-order valence-electron chi connectivity index (χ3n) is 3.19. The largest absolute Gasteiger partial charge is 0.461 e. The summed E-state index contributed by atoms with van der Waals surface area (Å²) in [6, 6.07) is 6.82. The first-order valence-corrected chi connectivity index (χ1v) is 6.65. The fraction of sp³-hybridized carbons (Fsp3) is 0.333. The van der Waals surface area contributed by atoms with Crippen LogP contribution in [0.5, 0.6) is 0 Å². The van der Waals surface area contributed by atoms with Crippen LogP contribution in [0.3, 0.4) is 0 Å². The van der Waals surface area contributed by atoms with E-state index in [1.165, 1.54) is 10.9 Å². The van der Waals surface area contributed by atoms with Crippen molar-refractivity contribution in [2.24, 2.45) is 0 Å². The van der Waals surface area contributed by atoms with Crippen molar-refractivity contribution in [3.05, 3.63) is 53.4 Å². The van der Waals surface area contributed by atoms with Crippen molar-refractivity contribution in [2.75, 3.05) is 13.2 Å². The van der Waals surface area contributed by atoms with Crippen LogP contribution < -0.4 is 0 Å². The molecule has 1 aromatic carbocycles. The summed E-state index contributed by atoms with van der Waals surface area (Å²) in [4.78, 5) is 15.4. The first kappa shape index (κ1) is 15.2. The summed E-state index contributed by atoms with van der Waals surface area (Å²) in [5.74, 6) is -1.70. The number of esters is 1. The maximum atomic E-state index is 13.7. The Morgan fingerprint density at radius 3 is 2.67 bits per heavy atom. The lowest BCUT2D eigenvalue weighted by atomic mass is 10.1. The van der Waals surface area contributed by atoms with E-state index >= 15 is 0 Å². The molecule has 0 fully saturated rings. The Morgan fingerprint density at radius 1 is 1.43 bits per heavy atom. The van der Waals surface area contributed by atoms with Gasteiger partial charge < -0.3 is 14.4 Å². The smallest absolute Gasteiger partial charge is 0.359 e. The van der Waals surface area contributed by atoms with Gasteiger partial charge in [0.05, 0.1) is 25.6 Å². The summed E-state index contributed by atoms with van der Waals surface area (Å²) in [6.45, 7) is 3.43. The molecule has 2 rings (SSSR count). The molecular formula is C15H17FN2O3. The molecule has 0 saturated carbocycles. The number of hydrogen-bond donors (Lipinski definition) is 1. The normalized spacial score (nSPS) is 12.2. The minimum atomic E-state index is -0.904. The van der Waals surface area contributed by atoms with Crippen LogP contribution in [0.25, 0.3) is 0 Å². The molecule has 5 nitrogen and oxygen atoms in total. The molecule has 2 aromatic rings. The Labute approximate surface area is 122 Å². The Kier molecular flexibility index (Phi) is 4.70. The van der Waals surface area contributed by atoms with Crippen LogP contribution in [-0.4, -0.2) is 33.8 Å². The van der Waals surface area contributed by atoms with Crippen molar-refractivity contribution in [3.63, 3.8) is 0 Å². The molecule has 1 N–H and O–H groups in total. The van der Waals surface area contributed by atoms with Crippen molar-refractivity contribution >= 4 is 5.97 Å². The van der Waals surface area contributed by atoms with E-state index in [2.05, 4.69) is 4.98 Å². The fourth-order valence-electron chi connectivity index (χ4n) is 2.11. The molecule has 0 spiro atoms. The average molecular weight is 292 g/mol. The van der Waals surface area contributed by atoms with Crippen molar-refractivity contribution in [1.82, 2.24) is 9.55 Å². The molecule has 1 heterocycles. The number of imidazole rings is 1. The number of benzene rings is 1. The minimum Gasteiger partial charge on any atom is -0.461 e. The quantitative estimate of drug-likeness (QED) is 0.857. The van der Waals surface area contributed by atoms with Gasteiger partial charge in [0.15, 0.2) is 5.69 Å². The zero-order valence-corrected chi connectivity index (χ0v) is 11.9. The number of aliphatic hydroxyl groups is 1. The first-order chi connectivity index (χ1) is 10.1. The highest BCUT2D eigenvalue weighted by molar-refractivity contribution is 5.87. The number of aryl methyl sites for hydroxylation is 1. The number of rotatable bonds is 5. The fourth-order valence-corrected chi connectivity index (χ4v) is 2.11. The maximum absolute atomic E-state index is 13.7. The van der Waals surface area contributed by atoms with Crippen LogP contribution in [-0.2, 0) is 4.74 Å². The van der Waals surface area contributed by atoms with Gasteiger partial charge in [0.2, 0.25) is 5.95 Å². The number of carbonyl (C=O) groups is 1. The minimum absolute atomic E-state index is 0.137. The first-order valence-electron chi connectivity index (χ1n) is 6.65. The van der Waals surface area contributed by atoms with Crippen LogP contribution >= 0.6 is 0 Å². The number of aliphatic hydroxyl groups excluding tert-OH is 1. The second kappa shape index (κ2) is 6.49. The highest BCUT2D eigenvalue weighted by Crippen LogP contribution is 2.22. The van der Waals surface area contributed by atoms with Crippen molar-refractivity contribution in [3.8, 4) is 0 Å². The van der Waals surface area contributed by atoms with Crippen LogP contribution in [0.15, 0.2) is 30.6 Å². The maximum Gasteiger partial charge on any atom is 0.359 e. The monoisotopic (exact) mass is 292 g/mol. The number of aromatic nitrogens is 2. The van der Waals surface area contributed by atoms with E-state index < -0.39 is 18.0 Å². The van der Waals surface area contributed by atoms with Crippen molar-refractivity contribution in [1.29, 1.82) is 0 Å². The van der Waals surface area contributed by atoms with Gasteiger partial charge in [-0.1, -0.05) is 29.8 Å². The van der Waals surface area contributed by atoms with Gasteiger partial charge in [-0.3, -0.25) is 0 Å². The summed E-state index contributed by atoms with van der Waals surface area (Å²) in [6.07, 6.45) is 1.20. The van der Waals surface area contributed by atoms with E-state index in [0.717, 1.165) is 11.1 Å². The molecule has 0 aliphatic rings. The Balaban J connectivity index is 2.43. The van der Waals surface area contributed by atoms with Gasteiger partial charge in [-0.2, -0.15) is 4.39 Å². The van der Waals surface area contributed by atoms with E-state index in [0.29, 0.717) is 0 Å². The number of halogens is 1. The lowest BCUT2D eigenvalue weighted by Crippen LogP contribution is -2.21. The zero-order chi connectivity index (χ0) is 15.4. The SMILES string of the molecule is CCOC(=O)c1c(F)ncn1C(CO)c1ccc(C)cc1. The standard InChI is InChI=1S/C15H17FN2O3/c1-3-21-15(20)13-14(16)17-9-18(13)12(8-19)11-6-4-10(2)5-7-11/h4-7,9,12,19H,3,8H2,1-2H3. The number of hydrogen-bond acceptors (Lipinski definition) is 4. The lowest BCUT2D eigenvalue weighted by Gasteiger charge is -2.18. The third-order valence-corrected chi connectivity index (χ3v) is 3.19. The van der Waals surface area contributed by atoms with E-state index in [1.807, 2.05) is 31.2 Å². The topological polar surface area (TPSA) is 64.3 Å². The molecule has 1 aromatic heterocycles. The summed E-state index contributed by atoms with van der Waals surface area (Å²) >= 11 is 0. The van der Waals surface area contributed by atoms with Crippen molar-refractivity contribution < 1.29 is 19.0 Å². The van der Waals surface area contributed by atoms with Gasteiger partial charge in [0.1, 0.15) is 0 Å². The number of ether oxygens (including phenoxy) is 1. The molecule has 0 aliphatic heterocycles. The molecule has 0 radical (unpaired) electrons. The summed E-state index contributed by atoms with van der Waals surface area (Å²) < 4.78 is 19.9. The number of nitrogens with zero attached hydrogens (tertiary/aromatic N) is 2. The molecule has 0 bridgehead atoms.